The molecule has 0 spiro atoms. The van der Waals surface area contributed by atoms with Crippen LogP contribution in [-0.2, 0) is 23.8 Å². The van der Waals surface area contributed by atoms with E-state index in [1.54, 1.807) is 20.8 Å². The molecule has 0 aromatic carbocycles. The molecule has 9 heteroatoms. The summed E-state index contributed by atoms with van der Waals surface area (Å²) in [7, 11) is 0. The van der Waals surface area contributed by atoms with Crippen molar-refractivity contribution < 1.29 is 28.6 Å². The fraction of sp³-hybridized carbons (Fsp3) is 0.906. The molecule has 0 saturated heterocycles. The molecule has 3 N–H and O–H groups in total. The van der Waals surface area contributed by atoms with Gasteiger partial charge in [0.15, 0.2) is 0 Å². The standard InChI is InChI=1S/C32H63N3O6/c1-5-6-7-8-9-10-11-12-13-14-15-16-17-18-19-20-29(36)33-22-26-40-27-23-34-30(37)21-25-39-28-24-35-31(38)41-32(2,3)4/h5-28H2,1-4H3,(H,33,36)(H,34,37)(H,35,38). The Labute approximate surface area is 251 Å². The average Bonchev–Trinajstić information content (AvgIpc) is 2.91. The van der Waals surface area contributed by atoms with Crippen LogP contribution in [0.4, 0.5) is 4.79 Å². The lowest BCUT2D eigenvalue weighted by Crippen LogP contribution is -2.34. The maximum Gasteiger partial charge on any atom is 0.407 e. The Balaban J connectivity index is 3.33. The minimum Gasteiger partial charge on any atom is -0.444 e. The van der Waals surface area contributed by atoms with Crippen LogP contribution in [0.2, 0.25) is 0 Å². The molecule has 0 aliphatic carbocycles. The summed E-state index contributed by atoms with van der Waals surface area (Å²) in [6.07, 6.45) is 20.1. The minimum atomic E-state index is -0.536. The number of carbonyl (C=O) groups excluding carboxylic acids is 3. The molecule has 0 aliphatic rings. The summed E-state index contributed by atoms with van der Waals surface area (Å²) >= 11 is 0. The highest BCUT2D eigenvalue weighted by Crippen LogP contribution is 2.13. The first-order valence-corrected chi connectivity index (χ1v) is 16.4. The predicted molar refractivity (Wildman–Crippen MR) is 166 cm³/mol. The van der Waals surface area contributed by atoms with Gasteiger partial charge in [0.1, 0.15) is 5.60 Å². The highest BCUT2D eigenvalue weighted by atomic mass is 16.6. The van der Waals surface area contributed by atoms with Gasteiger partial charge in [0, 0.05) is 32.5 Å². The van der Waals surface area contributed by atoms with Crippen LogP contribution in [0, 0.1) is 0 Å². The smallest absolute Gasteiger partial charge is 0.407 e. The lowest BCUT2D eigenvalue weighted by Gasteiger charge is -2.19. The van der Waals surface area contributed by atoms with Crippen molar-refractivity contribution in [3.05, 3.63) is 0 Å². The van der Waals surface area contributed by atoms with Gasteiger partial charge in [-0.2, -0.15) is 0 Å². The van der Waals surface area contributed by atoms with Crippen molar-refractivity contribution in [2.75, 3.05) is 46.1 Å². The van der Waals surface area contributed by atoms with Crippen LogP contribution in [0.1, 0.15) is 137 Å². The van der Waals surface area contributed by atoms with E-state index >= 15 is 0 Å². The summed E-state index contributed by atoms with van der Waals surface area (Å²) in [5.41, 5.74) is -0.536. The molecule has 41 heavy (non-hydrogen) atoms. The minimum absolute atomic E-state index is 0.0814. The van der Waals surface area contributed by atoms with Crippen LogP contribution in [0.25, 0.3) is 0 Å². The molecule has 0 aromatic heterocycles. The number of carbonyl (C=O) groups is 3. The molecule has 242 valence electrons. The Morgan fingerprint density at radius 2 is 0.902 bits per heavy atom. The molecule has 0 fully saturated rings. The largest absolute Gasteiger partial charge is 0.444 e. The van der Waals surface area contributed by atoms with Gasteiger partial charge in [-0.3, -0.25) is 9.59 Å². The molecule has 0 heterocycles. The monoisotopic (exact) mass is 585 g/mol. The van der Waals surface area contributed by atoms with Crippen molar-refractivity contribution in [2.24, 2.45) is 0 Å². The molecule has 0 aliphatic heterocycles. The number of unbranched alkanes of at least 4 members (excludes halogenated alkanes) is 14. The summed E-state index contributed by atoms with van der Waals surface area (Å²) in [4.78, 5) is 35.3. The van der Waals surface area contributed by atoms with Crippen LogP contribution < -0.4 is 16.0 Å². The zero-order chi connectivity index (χ0) is 30.4. The zero-order valence-electron chi connectivity index (χ0n) is 26.9. The second-order valence-corrected chi connectivity index (χ2v) is 11.8. The lowest BCUT2D eigenvalue weighted by molar-refractivity contribution is -0.122. The molecule has 0 bridgehead atoms. The quantitative estimate of drug-likeness (QED) is 0.0912. The third-order valence-corrected chi connectivity index (χ3v) is 6.53. The number of amides is 3. The first-order valence-electron chi connectivity index (χ1n) is 16.4. The number of nitrogens with one attached hydrogen (secondary N) is 3. The second-order valence-electron chi connectivity index (χ2n) is 11.8. The van der Waals surface area contributed by atoms with Gasteiger partial charge < -0.3 is 30.2 Å². The van der Waals surface area contributed by atoms with Crippen LogP contribution in [0.3, 0.4) is 0 Å². The van der Waals surface area contributed by atoms with Gasteiger partial charge in [0.25, 0.3) is 0 Å². The molecule has 0 rings (SSSR count). The molecular formula is C32H63N3O6. The summed E-state index contributed by atoms with van der Waals surface area (Å²) in [6.45, 7) is 10.3. The number of rotatable bonds is 28. The third-order valence-electron chi connectivity index (χ3n) is 6.53. The van der Waals surface area contributed by atoms with E-state index < -0.39 is 11.7 Å². The van der Waals surface area contributed by atoms with Gasteiger partial charge >= 0.3 is 6.09 Å². The summed E-state index contributed by atoms with van der Waals surface area (Å²) in [5, 5.41) is 8.25. The van der Waals surface area contributed by atoms with E-state index in [-0.39, 0.29) is 24.8 Å². The Hall–Kier alpha value is -1.87. The molecule has 0 radical (unpaired) electrons. The Bertz CT molecular complexity index is 639. The summed E-state index contributed by atoms with van der Waals surface area (Å²) in [5.74, 6) is -0.0385. The molecular weight excluding hydrogens is 522 g/mol. The maximum absolute atomic E-state index is 11.9. The maximum atomic E-state index is 11.9. The van der Waals surface area contributed by atoms with E-state index in [1.807, 2.05) is 0 Å². The highest BCUT2D eigenvalue weighted by Gasteiger charge is 2.15. The van der Waals surface area contributed by atoms with Crippen LogP contribution in [0.15, 0.2) is 0 Å². The molecule has 9 nitrogen and oxygen atoms in total. The van der Waals surface area contributed by atoms with Crippen molar-refractivity contribution in [3.63, 3.8) is 0 Å². The van der Waals surface area contributed by atoms with Gasteiger partial charge in [0.2, 0.25) is 11.8 Å². The third kappa shape index (κ3) is 32.5. The van der Waals surface area contributed by atoms with Crippen LogP contribution in [0.5, 0.6) is 0 Å². The zero-order valence-corrected chi connectivity index (χ0v) is 26.9. The van der Waals surface area contributed by atoms with E-state index in [4.69, 9.17) is 14.2 Å². The van der Waals surface area contributed by atoms with Gasteiger partial charge in [0.05, 0.1) is 26.4 Å². The van der Waals surface area contributed by atoms with Gasteiger partial charge in [-0.05, 0) is 27.2 Å². The summed E-state index contributed by atoms with van der Waals surface area (Å²) in [6, 6.07) is 0. The molecule has 0 saturated carbocycles. The van der Waals surface area contributed by atoms with E-state index in [9.17, 15) is 14.4 Å². The normalized spacial score (nSPS) is 11.3. The first kappa shape index (κ1) is 39.1. The van der Waals surface area contributed by atoms with Crippen molar-refractivity contribution >= 4 is 17.9 Å². The van der Waals surface area contributed by atoms with Gasteiger partial charge in [-0.15, -0.1) is 0 Å². The first-order chi connectivity index (χ1) is 19.7. The Morgan fingerprint density at radius 1 is 0.512 bits per heavy atom. The van der Waals surface area contributed by atoms with Crippen molar-refractivity contribution in [1.29, 1.82) is 0 Å². The van der Waals surface area contributed by atoms with E-state index in [2.05, 4.69) is 22.9 Å². The Kier molecular flexibility index (Phi) is 27.0. The van der Waals surface area contributed by atoms with Crippen LogP contribution >= 0.6 is 0 Å². The van der Waals surface area contributed by atoms with E-state index in [0.717, 1.165) is 12.8 Å². The highest BCUT2D eigenvalue weighted by molar-refractivity contribution is 5.76. The summed E-state index contributed by atoms with van der Waals surface area (Å²) < 4.78 is 15.9. The van der Waals surface area contributed by atoms with Gasteiger partial charge in [-0.1, -0.05) is 96.8 Å². The fourth-order valence-corrected chi connectivity index (χ4v) is 4.27. The molecule has 0 atom stereocenters. The molecule has 0 aromatic rings. The fourth-order valence-electron chi connectivity index (χ4n) is 4.27. The van der Waals surface area contributed by atoms with E-state index in [0.29, 0.717) is 45.9 Å². The Morgan fingerprint density at radius 3 is 1.37 bits per heavy atom. The lowest BCUT2D eigenvalue weighted by atomic mass is 10.0. The SMILES string of the molecule is CCCCCCCCCCCCCCCCCC(=O)NCCOCCNC(=O)CCOCCNC(=O)OC(C)(C)C. The molecule has 3 amide bonds. The number of hydrogen-bond acceptors (Lipinski definition) is 6. The molecule has 0 unspecified atom stereocenters. The van der Waals surface area contributed by atoms with Crippen molar-refractivity contribution in [2.45, 2.75) is 142 Å². The van der Waals surface area contributed by atoms with E-state index in [1.165, 1.54) is 83.5 Å². The van der Waals surface area contributed by atoms with Crippen molar-refractivity contribution in [3.8, 4) is 0 Å². The number of hydrogen-bond donors (Lipinski definition) is 3. The topological polar surface area (TPSA) is 115 Å². The van der Waals surface area contributed by atoms with Crippen molar-refractivity contribution in [1.82, 2.24) is 16.0 Å². The number of alkyl carbamates (subject to hydrolysis) is 1. The predicted octanol–water partition coefficient (Wildman–Crippen LogP) is 6.43. The second kappa shape index (κ2) is 28.3. The van der Waals surface area contributed by atoms with Crippen LogP contribution in [-0.4, -0.2) is 69.6 Å². The van der Waals surface area contributed by atoms with Gasteiger partial charge in [-0.25, -0.2) is 4.79 Å². The average molecular weight is 586 g/mol. The number of ether oxygens (including phenoxy) is 3.